The van der Waals surface area contributed by atoms with Gasteiger partial charge < -0.3 is 4.52 Å². The van der Waals surface area contributed by atoms with E-state index in [0.29, 0.717) is 0 Å². The van der Waals surface area contributed by atoms with Crippen LogP contribution in [0.2, 0.25) is 0 Å². The fraction of sp³-hybridized carbons (Fsp3) is 1.00. The first kappa shape index (κ1) is 15.5. The molecule has 1 saturated heterocycles. The molecule has 0 spiro atoms. The molecule has 1 aliphatic rings. The average Bonchev–Trinajstić information content (AvgIpc) is 2.29. The summed E-state index contributed by atoms with van der Waals surface area (Å²) in [6.45, 7) is 7.09. The van der Waals surface area contributed by atoms with Crippen molar-refractivity contribution < 1.29 is 9.09 Å². The van der Waals surface area contributed by atoms with E-state index in [1.165, 1.54) is 0 Å². The van der Waals surface area contributed by atoms with Crippen LogP contribution in [-0.2, 0) is 9.09 Å². The van der Waals surface area contributed by atoms with Gasteiger partial charge in [0.05, 0.1) is 6.10 Å². The van der Waals surface area contributed by atoms with Crippen LogP contribution in [0.25, 0.3) is 0 Å². The number of hydrogen-bond donors (Lipinski definition) is 1. The summed E-state index contributed by atoms with van der Waals surface area (Å²) in [4.78, 5) is 0. The summed E-state index contributed by atoms with van der Waals surface area (Å²) in [5, 5.41) is 0. The zero-order valence-corrected chi connectivity index (χ0v) is 13.0. The first-order chi connectivity index (χ1) is 7.90. The van der Waals surface area contributed by atoms with Gasteiger partial charge in [-0.3, -0.25) is 8.87 Å². The zero-order chi connectivity index (χ0) is 13.1. The van der Waals surface area contributed by atoms with E-state index in [2.05, 4.69) is 12.8 Å². The lowest BCUT2D eigenvalue weighted by atomic mass is 10.3. The number of hydrogen-bond acceptors (Lipinski definition) is 4. The summed E-state index contributed by atoms with van der Waals surface area (Å²) in [6.07, 6.45) is 0.877. The van der Waals surface area contributed by atoms with E-state index >= 15 is 0 Å². The van der Waals surface area contributed by atoms with E-state index < -0.39 is 7.67 Å². The number of nitrogens with zero attached hydrogens (tertiary/aromatic N) is 3. The summed E-state index contributed by atoms with van der Waals surface area (Å²) in [6, 6.07) is 0. The average molecular weight is 281 g/mol. The van der Waals surface area contributed by atoms with Crippen LogP contribution in [0, 0.1) is 0 Å². The number of thiol groups is 1. The fourth-order valence-electron chi connectivity index (χ4n) is 1.66. The molecule has 17 heavy (non-hydrogen) atoms. The van der Waals surface area contributed by atoms with E-state index in [1.807, 2.05) is 36.9 Å². The van der Waals surface area contributed by atoms with Gasteiger partial charge in [0.1, 0.15) is 0 Å². The van der Waals surface area contributed by atoms with Crippen LogP contribution in [0.5, 0.6) is 0 Å². The molecule has 2 unspecified atom stereocenters. The number of rotatable bonds is 5. The fourth-order valence-corrected chi connectivity index (χ4v) is 3.97. The standard InChI is InChI=1S/C10H24N3O2PS/c1-5-10(2)15-16(14,11(3)4)12-6-8-13(17)9-7-12/h10,17H,5-9H2,1-4H3. The van der Waals surface area contributed by atoms with E-state index in [0.717, 1.165) is 32.6 Å². The van der Waals surface area contributed by atoms with Crippen molar-refractivity contribution in [1.82, 2.24) is 13.6 Å². The normalized spacial score (nSPS) is 24.8. The van der Waals surface area contributed by atoms with Crippen molar-refractivity contribution in [3.8, 4) is 0 Å². The first-order valence-corrected chi connectivity index (χ1v) is 7.98. The molecule has 1 heterocycles. The zero-order valence-electron chi connectivity index (χ0n) is 11.2. The van der Waals surface area contributed by atoms with Crippen molar-refractivity contribution in [1.29, 1.82) is 0 Å². The molecular formula is C10H24N3O2PS. The topological polar surface area (TPSA) is 36.0 Å². The third-order valence-corrected chi connectivity index (χ3v) is 6.15. The molecular weight excluding hydrogens is 257 g/mol. The highest BCUT2D eigenvalue weighted by molar-refractivity contribution is 7.77. The molecule has 0 N–H and O–H groups in total. The van der Waals surface area contributed by atoms with Crippen molar-refractivity contribution in [2.75, 3.05) is 40.3 Å². The van der Waals surface area contributed by atoms with Crippen molar-refractivity contribution in [3.63, 3.8) is 0 Å². The van der Waals surface area contributed by atoms with Crippen molar-refractivity contribution in [2.45, 2.75) is 26.4 Å². The Bertz CT molecular complexity index is 283. The quantitative estimate of drug-likeness (QED) is 0.615. The second-order valence-electron chi connectivity index (χ2n) is 4.57. The van der Waals surface area contributed by atoms with Gasteiger partial charge in [0.25, 0.3) is 0 Å². The molecule has 0 saturated carbocycles. The van der Waals surface area contributed by atoms with E-state index in [1.54, 1.807) is 4.67 Å². The van der Waals surface area contributed by atoms with Gasteiger partial charge in [-0.05, 0) is 27.4 Å². The smallest absolute Gasteiger partial charge is 0.303 e. The molecule has 0 aromatic rings. The molecule has 0 aromatic heterocycles. The van der Waals surface area contributed by atoms with Gasteiger partial charge in [-0.2, -0.15) is 0 Å². The van der Waals surface area contributed by atoms with Gasteiger partial charge in [0.15, 0.2) is 0 Å². The predicted molar refractivity (Wildman–Crippen MR) is 74.3 cm³/mol. The maximum absolute atomic E-state index is 12.9. The van der Waals surface area contributed by atoms with Gasteiger partial charge in [-0.1, -0.05) is 19.7 Å². The molecule has 0 aliphatic carbocycles. The van der Waals surface area contributed by atoms with E-state index in [9.17, 15) is 4.57 Å². The minimum Gasteiger partial charge on any atom is -0.303 e. The van der Waals surface area contributed by atoms with Gasteiger partial charge in [-0.25, -0.2) is 9.34 Å². The Morgan fingerprint density at radius 1 is 1.35 bits per heavy atom. The van der Waals surface area contributed by atoms with Gasteiger partial charge in [0, 0.05) is 26.2 Å². The Labute approximate surface area is 110 Å². The number of piperazine rings is 1. The molecule has 0 aromatic carbocycles. The Morgan fingerprint density at radius 2 is 1.88 bits per heavy atom. The van der Waals surface area contributed by atoms with Crippen molar-refractivity contribution in [2.24, 2.45) is 0 Å². The van der Waals surface area contributed by atoms with E-state index in [4.69, 9.17) is 4.52 Å². The lowest BCUT2D eigenvalue weighted by Crippen LogP contribution is -2.43. The monoisotopic (exact) mass is 281 g/mol. The van der Waals surface area contributed by atoms with Crippen LogP contribution in [0.3, 0.4) is 0 Å². The van der Waals surface area contributed by atoms with Crippen molar-refractivity contribution >= 4 is 20.5 Å². The molecule has 0 radical (unpaired) electrons. The molecule has 102 valence electrons. The van der Waals surface area contributed by atoms with Crippen LogP contribution in [0.4, 0.5) is 0 Å². The molecule has 1 aliphatic heterocycles. The molecule has 0 amide bonds. The van der Waals surface area contributed by atoms with Crippen LogP contribution in [0.1, 0.15) is 20.3 Å². The van der Waals surface area contributed by atoms with Crippen LogP contribution in [0.15, 0.2) is 0 Å². The van der Waals surface area contributed by atoms with Crippen LogP contribution in [-0.4, -0.2) is 60.0 Å². The van der Waals surface area contributed by atoms with Crippen molar-refractivity contribution in [3.05, 3.63) is 0 Å². The Kier molecular flexibility index (Phi) is 5.96. The maximum Gasteiger partial charge on any atom is 0.345 e. The summed E-state index contributed by atoms with van der Waals surface area (Å²) in [5.41, 5.74) is 0. The molecule has 7 heteroatoms. The maximum atomic E-state index is 12.9. The second-order valence-corrected chi connectivity index (χ2v) is 7.69. The van der Waals surface area contributed by atoms with Crippen LogP contribution >= 0.6 is 20.5 Å². The minimum atomic E-state index is -2.86. The third-order valence-electron chi connectivity index (χ3n) is 2.99. The molecule has 1 fully saturated rings. The third kappa shape index (κ3) is 3.94. The second kappa shape index (κ2) is 6.55. The first-order valence-electron chi connectivity index (χ1n) is 6.05. The highest BCUT2D eigenvalue weighted by atomic mass is 32.1. The minimum absolute atomic E-state index is 0.0114. The Hall–Kier alpha value is 0.420. The highest BCUT2D eigenvalue weighted by Gasteiger charge is 2.37. The van der Waals surface area contributed by atoms with E-state index in [-0.39, 0.29) is 6.10 Å². The molecule has 2 atom stereocenters. The summed E-state index contributed by atoms with van der Waals surface area (Å²) < 4.78 is 24.3. The molecule has 0 bridgehead atoms. The summed E-state index contributed by atoms with van der Waals surface area (Å²) in [5.74, 6) is 0. The lowest BCUT2D eigenvalue weighted by molar-refractivity contribution is 0.152. The van der Waals surface area contributed by atoms with Gasteiger partial charge in [-0.15, -0.1) is 0 Å². The summed E-state index contributed by atoms with van der Waals surface area (Å²) >= 11 is 4.30. The Balaban J connectivity index is 2.74. The molecule has 5 nitrogen and oxygen atoms in total. The predicted octanol–water partition coefficient (Wildman–Crippen LogP) is 1.93. The molecule has 1 rings (SSSR count). The summed E-state index contributed by atoms with van der Waals surface area (Å²) in [7, 11) is 0.772. The largest absolute Gasteiger partial charge is 0.345 e. The lowest BCUT2D eigenvalue weighted by Gasteiger charge is -2.39. The highest BCUT2D eigenvalue weighted by Crippen LogP contribution is 2.54. The SMILES string of the molecule is CCC(C)OP(=O)(N(C)C)N1CCN(S)CC1. The van der Waals surface area contributed by atoms with Gasteiger partial charge >= 0.3 is 7.67 Å². The van der Waals surface area contributed by atoms with Gasteiger partial charge in [0.2, 0.25) is 0 Å². The Morgan fingerprint density at radius 3 is 2.29 bits per heavy atom. The van der Waals surface area contributed by atoms with Crippen LogP contribution < -0.4 is 0 Å².